The molecule has 1 amide bonds. The number of aromatic nitrogens is 1. The monoisotopic (exact) mass is 466 g/mol. The molecule has 8 nitrogen and oxygen atoms in total. The molecule has 0 bridgehead atoms. The van der Waals surface area contributed by atoms with Gasteiger partial charge in [-0.1, -0.05) is 20.8 Å². The maximum atomic E-state index is 13.0. The highest BCUT2D eigenvalue weighted by Gasteiger charge is 2.27. The Morgan fingerprint density at radius 1 is 1.09 bits per heavy atom. The molecule has 3 rings (SSSR count). The average Bonchev–Trinajstić information content (AvgIpc) is 2.77. The topological polar surface area (TPSA) is 82.9 Å². The van der Waals surface area contributed by atoms with E-state index in [1.807, 2.05) is 4.90 Å². The summed E-state index contributed by atoms with van der Waals surface area (Å²) in [5.41, 5.74) is -0.368. The second-order valence-corrected chi connectivity index (χ2v) is 11.2. The zero-order valence-electron chi connectivity index (χ0n) is 19.7. The molecule has 0 unspecified atom stereocenters. The van der Waals surface area contributed by atoms with Crippen LogP contribution < -0.4 is 5.56 Å². The molecular weight excluding hydrogens is 428 g/mol. The zero-order valence-corrected chi connectivity index (χ0v) is 20.5. The molecule has 0 radical (unpaired) electrons. The van der Waals surface area contributed by atoms with Gasteiger partial charge in [-0.25, -0.2) is 8.42 Å². The molecule has 0 saturated carbocycles. The van der Waals surface area contributed by atoms with Gasteiger partial charge < -0.3 is 14.4 Å². The number of rotatable bonds is 8. The van der Waals surface area contributed by atoms with E-state index in [0.29, 0.717) is 32.1 Å². The smallest absolute Gasteiger partial charge is 0.251 e. The van der Waals surface area contributed by atoms with Gasteiger partial charge in [-0.15, -0.1) is 0 Å². The number of hydrogen-bond donors (Lipinski definition) is 0. The lowest BCUT2D eigenvalue weighted by Gasteiger charge is -2.38. The first-order chi connectivity index (χ1) is 15.2. The summed E-state index contributed by atoms with van der Waals surface area (Å²) in [5.74, 6) is 1.13. The average molecular weight is 467 g/mol. The highest BCUT2D eigenvalue weighted by molar-refractivity contribution is 7.89. The van der Waals surface area contributed by atoms with Crippen molar-refractivity contribution in [2.45, 2.75) is 57.9 Å². The van der Waals surface area contributed by atoms with E-state index in [4.69, 9.17) is 0 Å². The predicted molar refractivity (Wildman–Crippen MR) is 125 cm³/mol. The molecule has 0 aliphatic carbocycles. The van der Waals surface area contributed by atoms with Crippen LogP contribution in [0, 0.1) is 11.8 Å². The van der Waals surface area contributed by atoms with Crippen LogP contribution in [0.2, 0.25) is 0 Å². The Bertz CT molecular complexity index is 934. The number of amides is 1. The SMILES string of the molecule is CCN(CC)S(=O)(=O)c1ccc(=O)n(CC(=O)N2CCC[C@@H](CN3CCC(C)CC3)C2)c1. The number of sulfonamides is 1. The molecule has 1 aromatic heterocycles. The zero-order chi connectivity index (χ0) is 23.3. The van der Waals surface area contributed by atoms with Crippen LogP contribution in [0.4, 0.5) is 0 Å². The summed E-state index contributed by atoms with van der Waals surface area (Å²) in [7, 11) is -3.69. The lowest BCUT2D eigenvalue weighted by Crippen LogP contribution is -2.46. The van der Waals surface area contributed by atoms with Crippen LogP contribution in [0.1, 0.15) is 46.5 Å². The van der Waals surface area contributed by atoms with Crippen molar-refractivity contribution in [1.29, 1.82) is 0 Å². The van der Waals surface area contributed by atoms with Crippen LogP contribution in [-0.2, 0) is 21.4 Å². The fraction of sp³-hybridized carbons (Fsp3) is 0.739. The van der Waals surface area contributed by atoms with Crippen molar-refractivity contribution < 1.29 is 13.2 Å². The summed E-state index contributed by atoms with van der Waals surface area (Å²) in [5, 5.41) is 0. The molecule has 2 aliphatic heterocycles. The molecule has 0 aromatic carbocycles. The third-order valence-corrected chi connectivity index (χ3v) is 8.90. The molecule has 0 N–H and O–H groups in total. The standard InChI is InChI=1S/C23H38N4O4S/c1-4-27(5-2)32(30,31)21-8-9-22(28)26(17-21)18-23(29)25-12-6-7-20(16-25)15-24-13-10-19(3)11-14-24/h8-9,17,19-20H,4-7,10-16,18H2,1-3H3/t20-/m0/s1. The Labute approximate surface area is 192 Å². The summed E-state index contributed by atoms with van der Waals surface area (Å²) < 4.78 is 28.2. The second kappa shape index (κ2) is 10.9. The van der Waals surface area contributed by atoms with Gasteiger partial charge in [0.25, 0.3) is 5.56 Å². The Kier molecular flexibility index (Phi) is 8.52. The number of piperidine rings is 2. The van der Waals surface area contributed by atoms with Gasteiger partial charge in [0.2, 0.25) is 15.9 Å². The summed E-state index contributed by atoms with van der Waals surface area (Å²) in [6, 6.07) is 2.56. The van der Waals surface area contributed by atoms with E-state index in [-0.39, 0.29) is 22.9 Å². The molecule has 1 atom stereocenters. The number of carbonyl (C=O) groups is 1. The molecular formula is C23H38N4O4S. The third-order valence-electron chi connectivity index (χ3n) is 6.87. The van der Waals surface area contributed by atoms with Crippen LogP contribution in [-0.4, -0.2) is 78.8 Å². The highest BCUT2D eigenvalue weighted by atomic mass is 32.2. The van der Waals surface area contributed by atoms with Crippen LogP contribution in [0.25, 0.3) is 0 Å². The summed E-state index contributed by atoms with van der Waals surface area (Å²) in [6.07, 6.45) is 5.87. The first-order valence-electron chi connectivity index (χ1n) is 11.9. The highest BCUT2D eigenvalue weighted by Crippen LogP contribution is 2.22. The van der Waals surface area contributed by atoms with Crippen LogP contribution in [0.5, 0.6) is 0 Å². The maximum Gasteiger partial charge on any atom is 0.251 e. The molecule has 32 heavy (non-hydrogen) atoms. The maximum absolute atomic E-state index is 13.0. The van der Waals surface area contributed by atoms with E-state index in [2.05, 4.69) is 11.8 Å². The Balaban J connectivity index is 1.65. The molecule has 2 fully saturated rings. The number of hydrogen-bond acceptors (Lipinski definition) is 5. The lowest BCUT2D eigenvalue weighted by atomic mass is 9.94. The van der Waals surface area contributed by atoms with E-state index in [1.165, 1.54) is 40.0 Å². The lowest BCUT2D eigenvalue weighted by molar-refractivity contribution is -0.133. The number of likely N-dealkylation sites (tertiary alicyclic amines) is 2. The molecule has 2 aliphatic rings. The fourth-order valence-electron chi connectivity index (χ4n) is 4.79. The Morgan fingerprint density at radius 3 is 2.44 bits per heavy atom. The second-order valence-electron chi connectivity index (χ2n) is 9.25. The fourth-order valence-corrected chi connectivity index (χ4v) is 6.27. The molecule has 1 aromatic rings. The van der Waals surface area contributed by atoms with Crippen molar-refractivity contribution in [3.8, 4) is 0 Å². The van der Waals surface area contributed by atoms with Gasteiger partial charge in [-0.2, -0.15) is 4.31 Å². The van der Waals surface area contributed by atoms with Crippen LogP contribution in [0.15, 0.2) is 28.0 Å². The number of carbonyl (C=O) groups excluding carboxylic acids is 1. The minimum Gasteiger partial charge on any atom is -0.341 e. The first kappa shape index (κ1) is 24.9. The van der Waals surface area contributed by atoms with Gasteiger partial charge in [-0.3, -0.25) is 9.59 Å². The largest absolute Gasteiger partial charge is 0.341 e. The van der Waals surface area contributed by atoms with E-state index in [0.717, 1.165) is 38.4 Å². The van der Waals surface area contributed by atoms with E-state index in [1.54, 1.807) is 13.8 Å². The van der Waals surface area contributed by atoms with Crippen molar-refractivity contribution in [2.24, 2.45) is 11.8 Å². The molecule has 2 saturated heterocycles. The van der Waals surface area contributed by atoms with Gasteiger partial charge in [0.05, 0.1) is 4.90 Å². The molecule has 3 heterocycles. The third kappa shape index (κ3) is 5.99. The van der Waals surface area contributed by atoms with Gasteiger partial charge >= 0.3 is 0 Å². The predicted octanol–water partition coefficient (Wildman–Crippen LogP) is 1.85. The Morgan fingerprint density at radius 2 is 1.78 bits per heavy atom. The number of nitrogens with zero attached hydrogens (tertiary/aromatic N) is 4. The van der Waals surface area contributed by atoms with Gasteiger partial charge in [0, 0.05) is 45.0 Å². The van der Waals surface area contributed by atoms with E-state index < -0.39 is 10.0 Å². The van der Waals surface area contributed by atoms with E-state index in [9.17, 15) is 18.0 Å². The molecule has 180 valence electrons. The van der Waals surface area contributed by atoms with Crippen LogP contribution in [0.3, 0.4) is 0 Å². The van der Waals surface area contributed by atoms with Crippen molar-refractivity contribution in [1.82, 2.24) is 18.7 Å². The van der Waals surface area contributed by atoms with E-state index >= 15 is 0 Å². The van der Waals surface area contributed by atoms with Crippen molar-refractivity contribution >= 4 is 15.9 Å². The van der Waals surface area contributed by atoms with Crippen molar-refractivity contribution in [3.63, 3.8) is 0 Å². The van der Waals surface area contributed by atoms with Gasteiger partial charge in [0.15, 0.2) is 0 Å². The summed E-state index contributed by atoms with van der Waals surface area (Å²) in [4.78, 5) is 29.8. The summed E-state index contributed by atoms with van der Waals surface area (Å²) >= 11 is 0. The minimum absolute atomic E-state index is 0.0458. The van der Waals surface area contributed by atoms with Crippen LogP contribution >= 0.6 is 0 Å². The first-order valence-corrected chi connectivity index (χ1v) is 13.4. The van der Waals surface area contributed by atoms with Gasteiger partial charge in [-0.05, 0) is 56.7 Å². The quantitative estimate of drug-likeness (QED) is 0.584. The summed E-state index contributed by atoms with van der Waals surface area (Å²) in [6.45, 7) is 11.1. The van der Waals surface area contributed by atoms with Crippen molar-refractivity contribution in [3.05, 3.63) is 28.7 Å². The van der Waals surface area contributed by atoms with Gasteiger partial charge in [0.1, 0.15) is 6.54 Å². The molecule has 0 spiro atoms. The minimum atomic E-state index is -3.69. The Hall–Kier alpha value is -1.71. The van der Waals surface area contributed by atoms with Crippen molar-refractivity contribution in [2.75, 3.05) is 45.8 Å². The normalized spacial score (nSPS) is 21.2. The molecule has 9 heteroatoms. The number of pyridine rings is 1.